The molecular formula is C8H13BN2O3S. The summed E-state index contributed by atoms with van der Waals surface area (Å²) in [5, 5.41) is 4.69. The molecule has 1 aliphatic heterocycles. The van der Waals surface area contributed by atoms with Crippen LogP contribution >= 0.6 is 0 Å². The van der Waals surface area contributed by atoms with Gasteiger partial charge in [0.25, 0.3) is 8.05 Å². The van der Waals surface area contributed by atoms with Gasteiger partial charge < -0.3 is 8.84 Å². The van der Waals surface area contributed by atoms with Gasteiger partial charge in [0.15, 0.2) is 22.3 Å². The van der Waals surface area contributed by atoms with Crippen molar-refractivity contribution >= 4 is 19.1 Å². The van der Waals surface area contributed by atoms with E-state index in [9.17, 15) is 4.21 Å². The van der Waals surface area contributed by atoms with Gasteiger partial charge in [-0.3, -0.25) is 0 Å². The highest BCUT2D eigenvalue weighted by Gasteiger charge is 2.21. The van der Waals surface area contributed by atoms with Crippen molar-refractivity contribution in [3.63, 3.8) is 0 Å². The summed E-state index contributed by atoms with van der Waals surface area (Å²) in [5.74, 6) is 0. The van der Waals surface area contributed by atoms with Gasteiger partial charge in [-0.15, -0.1) is 0 Å². The van der Waals surface area contributed by atoms with E-state index in [1.54, 1.807) is 16.9 Å². The predicted octanol–water partition coefficient (Wildman–Crippen LogP) is 0.169. The molecule has 0 aliphatic carbocycles. The van der Waals surface area contributed by atoms with Crippen LogP contribution in [0.25, 0.3) is 0 Å². The van der Waals surface area contributed by atoms with E-state index in [0.717, 1.165) is 25.9 Å². The molecule has 0 saturated carbocycles. The summed E-state index contributed by atoms with van der Waals surface area (Å²) in [4.78, 5) is 0. The first kappa shape index (κ1) is 10.8. The average molecular weight is 228 g/mol. The quantitative estimate of drug-likeness (QED) is 0.692. The predicted molar refractivity (Wildman–Crippen MR) is 57.1 cm³/mol. The van der Waals surface area contributed by atoms with Gasteiger partial charge in [-0.25, -0.2) is 8.89 Å². The zero-order valence-corrected chi connectivity index (χ0v) is 9.40. The Morgan fingerprint density at radius 3 is 3.20 bits per heavy atom. The largest absolute Gasteiger partial charge is 0.358 e. The molecule has 2 atom stereocenters. The third kappa shape index (κ3) is 2.30. The molecule has 2 unspecified atom stereocenters. The van der Waals surface area contributed by atoms with Gasteiger partial charge in [0, 0.05) is 6.61 Å². The van der Waals surface area contributed by atoms with Crippen LogP contribution in [0.2, 0.25) is 0 Å². The number of hydrogen-bond donors (Lipinski definition) is 0. The Balaban J connectivity index is 2.19. The van der Waals surface area contributed by atoms with Crippen LogP contribution in [0.15, 0.2) is 17.3 Å². The first-order valence-corrected chi connectivity index (χ1v) is 6.02. The minimum Gasteiger partial charge on any atom is -0.358 e. The summed E-state index contributed by atoms with van der Waals surface area (Å²) in [5.41, 5.74) is 0. The van der Waals surface area contributed by atoms with Crippen LogP contribution in [0, 0.1) is 0 Å². The molecule has 1 fully saturated rings. The number of nitrogens with zero attached hydrogens (tertiary/aromatic N) is 2. The van der Waals surface area contributed by atoms with Crippen molar-refractivity contribution in [3.05, 3.63) is 12.3 Å². The van der Waals surface area contributed by atoms with Crippen molar-refractivity contribution in [1.82, 2.24) is 9.78 Å². The van der Waals surface area contributed by atoms with Crippen molar-refractivity contribution in [2.24, 2.45) is 0 Å². The second kappa shape index (κ2) is 4.91. The van der Waals surface area contributed by atoms with Gasteiger partial charge in [-0.2, -0.15) is 5.10 Å². The molecule has 0 bridgehead atoms. The monoisotopic (exact) mass is 228 g/mol. The van der Waals surface area contributed by atoms with E-state index in [1.165, 1.54) is 8.05 Å². The fraction of sp³-hybridized carbons (Fsp3) is 0.625. The number of ether oxygens (including phenoxy) is 1. The summed E-state index contributed by atoms with van der Waals surface area (Å²) in [7, 11) is 1.41. The molecule has 0 N–H and O–H groups in total. The summed E-state index contributed by atoms with van der Waals surface area (Å²) < 4.78 is 23.5. The Morgan fingerprint density at radius 2 is 2.53 bits per heavy atom. The molecule has 82 valence electrons. The third-order valence-electron chi connectivity index (χ3n) is 2.38. The number of aromatic nitrogens is 2. The lowest BCUT2D eigenvalue weighted by Gasteiger charge is -2.23. The molecule has 0 aromatic carbocycles. The van der Waals surface area contributed by atoms with E-state index in [2.05, 4.69) is 5.10 Å². The molecule has 1 aliphatic rings. The first-order valence-electron chi connectivity index (χ1n) is 4.94. The topological polar surface area (TPSA) is 53.3 Å². The molecule has 7 heteroatoms. The standard InChI is InChI=1S/C8H13BN2O3S/c9-14-15(12)8-4-5-10-11(8)7-3-1-2-6-13-7/h4-5,7H,1-3,6,9H2. The Hall–Kier alpha value is -0.655. The zero-order chi connectivity index (χ0) is 10.7. The van der Waals surface area contributed by atoms with Crippen molar-refractivity contribution in [3.8, 4) is 0 Å². The number of hydrogen-bond acceptors (Lipinski definition) is 4. The second-order valence-electron chi connectivity index (χ2n) is 3.34. The molecule has 5 nitrogen and oxygen atoms in total. The van der Waals surface area contributed by atoms with Crippen molar-refractivity contribution in [1.29, 1.82) is 0 Å². The smallest absolute Gasteiger partial charge is 0.280 e. The van der Waals surface area contributed by atoms with E-state index in [1.807, 2.05) is 0 Å². The highest BCUT2D eigenvalue weighted by molar-refractivity contribution is 7.80. The van der Waals surface area contributed by atoms with Crippen LogP contribution in [0.3, 0.4) is 0 Å². The Bertz CT molecular complexity index is 351. The summed E-state index contributed by atoms with van der Waals surface area (Å²) in [6.45, 7) is 0.740. The molecule has 1 aromatic rings. The number of rotatable bonds is 3. The van der Waals surface area contributed by atoms with E-state index in [4.69, 9.17) is 8.84 Å². The molecule has 2 heterocycles. The van der Waals surface area contributed by atoms with Crippen molar-refractivity contribution in [2.45, 2.75) is 30.5 Å². The van der Waals surface area contributed by atoms with Crippen molar-refractivity contribution < 1.29 is 13.0 Å². The highest BCUT2D eigenvalue weighted by Crippen LogP contribution is 2.24. The van der Waals surface area contributed by atoms with Gasteiger partial charge in [-0.1, -0.05) is 0 Å². The Kier molecular flexibility index (Phi) is 3.55. The van der Waals surface area contributed by atoms with Crippen LogP contribution in [-0.2, 0) is 19.9 Å². The van der Waals surface area contributed by atoms with Gasteiger partial charge in [0.2, 0.25) is 0 Å². The second-order valence-corrected chi connectivity index (χ2v) is 4.56. The molecule has 1 aromatic heterocycles. The van der Waals surface area contributed by atoms with Gasteiger partial charge in [0.05, 0.1) is 6.20 Å². The highest BCUT2D eigenvalue weighted by atomic mass is 32.2. The van der Waals surface area contributed by atoms with E-state index in [0.29, 0.717) is 5.03 Å². The van der Waals surface area contributed by atoms with Crippen LogP contribution in [0.1, 0.15) is 25.5 Å². The van der Waals surface area contributed by atoms with Gasteiger partial charge in [0.1, 0.15) is 0 Å². The normalized spacial score (nSPS) is 23.9. The molecule has 2 rings (SSSR count). The lowest BCUT2D eigenvalue weighted by atomic mass is 10.2. The van der Waals surface area contributed by atoms with E-state index >= 15 is 0 Å². The SMILES string of the molecule is BOS(=O)c1ccnn1C1CCCCO1. The molecule has 0 amide bonds. The lowest BCUT2D eigenvalue weighted by molar-refractivity contribution is -0.0449. The maximum atomic E-state index is 11.5. The fourth-order valence-corrected chi connectivity index (χ4v) is 2.31. The minimum atomic E-state index is -1.45. The summed E-state index contributed by atoms with van der Waals surface area (Å²) in [6, 6.07) is 1.69. The fourth-order valence-electron chi connectivity index (χ4n) is 1.65. The maximum Gasteiger partial charge on any atom is 0.280 e. The summed E-state index contributed by atoms with van der Waals surface area (Å²) in [6.07, 6.45) is 4.63. The van der Waals surface area contributed by atoms with E-state index < -0.39 is 11.1 Å². The Labute approximate surface area is 91.9 Å². The molecule has 1 saturated heterocycles. The summed E-state index contributed by atoms with van der Waals surface area (Å²) >= 11 is -1.45. The third-order valence-corrected chi connectivity index (χ3v) is 3.35. The first-order chi connectivity index (χ1) is 7.33. The van der Waals surface area contributed by atoms with Crippen LogP contribution in [0.5, 0.6) is 0 Å². The molecule has 0 radical (unpaired) electrons. The zero-order valence-electron chi connectivity index (χ0n) is 8.59. The molecule has 0 spiro atoms. The molecular weight excluding hydrogens is 215 g/mol. The average Bonchev–Trinajstić information content (AvgIpc) is 2.78. The van der Waals surface area contributed by atoms with Crippen molar-refractivity contribution in [2.75, 3.05) is 6.61 Å². The van der Waals surface area contributed by atoms with Crippen LogP contribution in [0.4, 0.5) is 0 Å². The minimum absolute atomic E-state index is 0.0946. The van der Waals surface area contributed by atoms with Gasteiger partial charge in [-0.05, 0) is 25.3 Å². The van der Waals surface area contributed by atoms with Crippen LogP contribution < -0.4 is 0 Å². The Morgan fingerprint density at radius 1 is 1.67 bits per heavy atom. The lowest BCUT2D eigenvalue weighted by Crippen LogP contribution is -2.21. The van der Waals surface area contributed by atoms with Crippen LogP contribution in [-0.4, -0.2) is 28.6 Å². The van der Waals surface area contributed by atoms with Gasteiger partial charge >= 0.3 is 0 Å². The maximum absolute atomic E-state index is 11.5. The van der Waals surface area contributed by atoms with E-state index in [-0.39, 0.29) is 6.23 Å². The molecule has 15 heavy (non-hydrogen) atoms.